The summed E-state index contributed by atoms with van der Waals surface area (Å²) in [5.74, 6) is 0. The van der Waals surface area contributed by atoms with Crippen LogP contribution in [0.25, 0.3) is 10.4 Å². The molecule has 2 heterocycles. The number of nitrogen functional groups attached to an aromatic ring is 1. The summed E-state index contributed by atoms with van der Waals surface area (Å²) in [6, 6.07) is 0. The number of thiazole rings is 1. The van der Waals surface area contributed by atoms with Gasteiger partial charge in [-0.2, -0.15) is 5.10 Å². The molecule has 0 radical (unpaired) electrons. The number of hydrogen-bond donors (Lipinski definition) is 1. The van der Waals surface area contributed by atoms with Gasteiger partial charge in [-0.05, 0) is 0 Å². The maximum absolute atomic E-state index is 5.50. The van der Waals surface area contributed by atoms with Gasteiger partial charge >= 0.3 is 0 Å². The van der Waals surface area contributed by atoms with Crippen LogP contribution in [-0.2, 0) is 7.05 Å². The zero-order chi connectivity index (χ0) is 8.55. The molecule has 0 saturated heterocycles. The highest BCUT2D eigenvalue weighted by molar-refractivity contribution is 7.18. The minimum Gasteiger partial charge on any atom is -0.375 e. The Morgan fingerprint density at radius 1 is 1.50 bits per heavy atom. The zero-order valence-corrected chi connectivity index (χ0v) is 7.38. The Kier molecular flexibility index (Phi) is 1.58. The van der Waals surface area contributed by atoms with Crippen molar-refractivity contribution >= 4 is 16.5 Å². The number of nitrogens with zero attached hydrogens (tertiary/aromatic N) is 3. The molecule has 0 atom stereocenters. The maximum atomic E-state index is 5.50. The molecule has 0 amide bonds. The average molecular weight is 180 g/mol. The standard InChI is InChI=1S/C7H8N4S/c1-11-4-5(2-10-11)6-3-9-7(8)12-6/h2-4H,1H3,(H2,8,9). The largest absolute Gasteiger partial charge is 0.375 e. The van der Waals surface area contributed by atoms with E-state index in [4.69, 9.17) is 5.73 Å². The van der Waals surface area contributed by atoms with Gasteiger partial charge in [-0.3, -0.25) is 4.68 Å². The van der Waals surface area contributed by atoms with Crippen LogP contribution >= 0.6 is 11.3 Å². The predicted octanol–water partition coefficient (Wildman–Crippen LogP) is 1.13. The number of aromatic nitrogens is 3. The van der Waals surface area contributed by atoms with Gasteiger partial charge in [0.05, 0.1) is 11.1 Å². The van der Waals surface area contributed by atoms with Crippen LogP contribution in [0.3, 0.4) is 0 Å². The molecule has 2 aromatic rings. The molecule has 0 fully saturated rings. The summed E-state index contributed by atoms with van der Waals surface area (Å²) in [5.41, 5.74) is 6.56. The number of rotatable bonds is 1. The van der Waals surface area contributed by atoms with Crippen molar-refractivity contribution in [2.45, 2.75) is 0 Å². The first-order chi connectivity index (χ1) is 5.75. The molecule has 0 saturated carbocycles. The Balaban J connectivity index is 2.43. The molecular weight excluding hydrogens is 172 g/mol. The van der Waals surface area contributed by atoms with Crippen molar-refractivity contribution in [3.05, 3.63) is 18.6 Å². The van der Waals surface area contributed by atoms with Crippen LogP contribution in [-0.4, -0.2) is 14.8 Å². The average Bonchev–Trinajstić information content (AvgIpc) is 2.58. The third-order valence-corrected chi connectivity index (χ3v) is 2.39. The molecule has 2 N–H and O–H groups in total. The van der Waals surface area contributed by atoms with Gasteiger partial charge in [-0.25, -0.2) is 4.98 Å². The molecule has 12 heavy (non-hydrogen) atoms. The summed E-state index contributed by atoms with van der Waals surface area (Å²) in [6.45, 7) is 0. The lowest BCUT2D eigenvalue weighted by atomic mass is 10.3. The summed E-state index contributed by atoms with van der Waals surface area (Å²) in [4.78, 5) is 5.02. The molecule has 0 aromatic carbocycles. The van der Waals surface area contributed by atoms with E-state index in [1.54, 1.807) is 17.1 Å². The first kappa shape index (κ1) is 7.30. The fourth-order valence-corrected chi connectivity index (χ4v) is 1.63. The van der Waals surface area contributed by atoms with E-state index in [2.05, 4.69) is 10.1 Å². The van der Waals surface area contributed by atoms with E-state index in [9.17, 15) is 0 Å². The van der Waals surface area contributed by atoms with E-state index >= 15 is 0 Å². The van der Waals surface area contributed by atoms with Gasteiger partial charge in [0, 0.05) is 25.0 Å². The van der Waals surface area contributed by atoms with Gasteiger partial charge in [0.25, 0.3) is 0 Å². The van der Waals surface area contributed by atoms with Crippen LogP contribution < -0.4 is 5.73 Å². The van der Waals surface area contributed by atoms with Gasteiger partial charge in [0.15, 0.2) is 5.13 Å². The summed E-state index contributed by atoms with van der Waals surface area (Å²) < 4.78 is 1.76. The highest BCUT2D eigenvalue weighted by Crippen LogP contribution is 2.26. The van der Waals surface area contributed by atoms with Crippen molar-refractivity contribution in [1.82, 2.24) is 14.8 Å². The summed E-state index contributed by atoms with van der Waals surface area (Å²) in [5, 5.41) is 4.65. The van der Waals surface area contributed by atoms with E-state index in [0.717, 1.165) is 10.4 Å². The minimum atomic E-state index is 0.592. The molecule has 0 aliphatic rings. The fourth-order valence-electron chi connectivity index (χ4n) is 0.970. The molecule has 2 aromatic heterocycles. The Bertz CT molecular complexity index is 351. The topological polar surface area (TPSA) is 56.7 Å². The van der Waals surface area contributed by atoms with Crippen LogP contribution in [0.2, 0.25) is 0 Å². The van der Waals surface area contributed by atoms with E-state index in [0.29, 0.717) is 5.13 Å². The quantitative estimate of drug-likeness (QED) is 0.715. The van der Waals surface area contributed by atoms with Crippen LogP contribution in [0.5, 0.6) is 0 Å². The van der Waals surface area contributed by atoms with Gasteiger partial charge < -0.3 is 5.73 Å². The van der Waals surface area contributed by atoms with Gasteiger partial charge in [0.2, 0.25) is 0 Å². The molecule has 2 rings (SSSR count). The van der Waals surface area contributed by atoms with Gasteiger partial charge in [0.1, 0.15) is 0 Å². The first-order valence-corrected chi connectivity index (χ1v) is 4.27. The normalized spacial score (nSPS) is 10.4. The third-order valence-electron chi connectivity index (χ3n) is 1.51. The Morgan fingerprint density at radius 2 is 2.33 bits per heavy atom. The van der Waals surface area contributed by atoms with Crippen molar-refractivity contribution in [1.29, 1.82) is 0 Å². The highest BCUT2D eigenvalue weighted by Gasteiger charge is 2.03. The van der Waals surface area contributed by atoms with Crippen LogP contribution in [0.1, 0.15) is 0 Å². The molecule has 4 nitrogen and oxygen atoms in total. The number of hydrogen-bond acceptors (Lipinski definition) is 4. The molecule has 0 spiro atoms. The Morgan fingerprint density at radius 3 is 2.83 bits per heavy atom. The van der Waals surface area contributed by atoms with Crippen molar-refractivity contribution in [3.8, 4) is 10.4 Å². The maximum Gasteiger partial charge on any atom is 0.180 e. The van der Waals surface area contributed by atoms with E-state index in [1.807, 2.05) is 13.2 Å². The number of aryl methyl sites for hydroxylation is 1. The second-order valence-corrected chi connectivity index (χ2v) is 3.53. The summed E-state index contributed by atoms with van der Waals surface area (Å²) >= 11 is 1.47. The molecule has 0 aliphatic heterocycles. The fraction of sp³-hybridized carbons (Fsp3) is 0.143. The monoisotopic (exact) mass is 180 g/mol. The predicted molar refractivity (Wildman–Crippen MR) is 48.7 cm³/mol. The van der Waals surface area contributed by atoms with E-state index < -0.39 is 0 Å². The lowest BCUT2D eigenvalue weighted by Crippen LogP contribution is -1.83. The van der Waals surface area contributed by atoms with E-state index in [-0.39, 0.29) is 0 Å². The molecule has 0 bridgehead atoms. The lowest BCUT2D eigenvalue weighted by molar-refractivity contribution is 0.768. The van der Waals surface area contributed by atoms with Gasteiger partial charge in [-0.1, -0.05) is 11.3 Å². The lowest BCUT2D eigenvalue weighted by Gasteiger charge is -1.85. The second kappa shape index (κ2) is 2.60. The molecule has 62 valence electrons. The van der Waals surface area contributed by atoms with Crippen LogP contribution in [0.4, 0.5) is 5.13 Å². The zero-order valence-electron chi connectivity index (χ0n) is 6.56. The van der Waals surface area contributed by atoms with E-state index in [1.165, 1.54) is 11.3 Å². The van der Waals surface area contributed by atoms with Gasteiger partial charge in [-0.15, -0.1) is 0 Å². The van der Waals surface area contributed by atoms with Crippen molar-refractivity contribution in [2.24, 2.45) is 7.05 Å². The summed E-state index contributed by atoms with van der Waals surface area (Å²) in [7, 11) is 1.88. The van der Waals surface area contributed by atoms with Crippen molar-refractivity contribution in [3.63, 3.8) is 0 Å². The van der Waals surface area contributed by atoms with Crippen LogP contribution in [0.15, 0.2) is 18.6 Å². The molecular formula is C7H8N4S. The first-order valence-electron chi connectivity index (χ1n) is 3.46. The third kappa shape index (κ3) is 1.18. The SMILES string of the molecule is Cn1cc(-c2cnc(N)s2)cn1. The number of nitrogens with two attached hydrogens (primary N) is 1. The highest BCUT2D eigenvalue weighted by atomic mass is 32.1. The summed E-state index contributed by atoms with van der Waals surface area (Å²) in [6.07, 6.45) is 5.50. The van der Waals surface area contributed by atoms with Crippen LogP contribution in [0, 0.1) is 0 Å². The molecule has 0 unspecified atom stereocenters. The second-order valence-electron chi connectivity index (χ2n) is 2.47. The molecule has 5 heteroatoms. The number of anilines is 1. The molecule has 0 aliphatic carbocycles. The Labute approximate surface area is 73.7 Å². The minimum absolute atomic E-state index is 0.592. The van der Waals surface area contributed by atoms with Crippen molar-refractivity contribution in [2.75, 3.05) is 5.73 Å². The smallest absolute Gasteiger partial charge is 0.180 e. The Hall–Kier alpha value is -1.36. The van der Waals surface area contributed by atoms with Crippen molar-refractivity contribution < 1.29 is 0 Å².